The molecule has 0 N–H and O–H groups in total. The Labute approximate surface area is 164 Å². The molecular formula is C23H20ClNO2. The average Bonchev–Trinajstić information content (AvgIpc) is 3.02. The second kappa shape index (κ2) is 7.45. The monoisotopic (exact) mass is 377 g/mol. The summed E-state index contributed by atoms with van der Waals surface area (Å²) in [4.78, 5) is 15.0. The molecule has 27 heavy (non-hydrogen) atoms. The van der Waals surface area contributed by atoms with Crippen molar-refractivity contribution in [2.24, 2.45) is 0 Å². The Morgan fingerprint density at radius 3 is 2.70 bits per heavy atom. The Kier molecular flexibility index (Phi) is 4.87. The first-order valence-electron chi connectivity index (χ1n) is 9.01. The second-order valence-corrected chi connectivity index (χ2v) is 7.17. The molecule has 1 heterocycles. The van der Waals surface area contributed by atoms with Gasteiger partial charge in [-0.05, 0) is 49.2 Å². The van der Waals surface area contributed by atoms with Crippen LogP contribution in [-0.2, 0) is 13.0 Å². The summed E-state index contributed by atoms with van der Waals surface area (Å²) in [5.74, 6) is 0.650. The van der Waals surface area contributed by atoms with E-state index < -0.39 is 0 Å². The van der Waals surface area contributed by atoms with Crippen LogP contribution in [-0.4, -0.2) is 11.9 Å². The number of anilines is 1. The average molecular weight is 378 g/mol. The number of para-hydroxylation sites is 1. The van der Waals surface area contributed by atoms with E-state index in [1.807, 2.05) is 65.6 Å². The molecule has 1 aliphatic rings. The van der Waals surface area contributed by atoms with Gasteiger partial charge in [0.25, 0.3) is 5.91 Å². The minimum Gasteiger partial charge on any atom is -0.489 e. The van der Waals surface area contributed by atoms with E-state index in [1.54, 1.807) is 6.07 Å². The van der Waals surface area contributed by atoms with Gasteiger partial charge in [-0.3, -0.25) is 4.79 Å². The standard InChI is InChI=1S/C23H20ClNO2/c1-16-13-17-7-3-5-12-22(17)25(16)23(26)18-9-6-10-20(14-18)27-15-19-8-2-4-11-21(19)24/h2-12,14,16H,13,15H2,1H3. The van der Waals surface area contributed by atoms with Gasteiger partial charge in [0, 0.05) is 27.9 Å². The Bertz CT molecular complexity index is 985. The molecule has 3 aromatic carbocycles. The molecule has 0 aromatic heterocycles. The number of halogens is 1. The van der Waals surface area contributed by atoms with E-state index in [4.69, 9.17) is 16.3 Å². The van der Waals surface area contributed by atoms with Crippen molar-refractivity contribution in [2.45, 2.75) is 26.0 Å². The molecule has 4 heteroatoms. The van der Waals surface area contributed by atoms with Crippen LogP contribution in [0.25, 0.3) is 0 Å². The molecule has 1 aliphatic heterocycles. The van der Waals surface area contributed by atoms with Crippen LogP contribution < -0.4 is 9.64 Å². The second-order valence-electron chi connectivity index (χ2n) is 6.76. The summed E-state index contributed by atoms with van der Waals surface area (Å²) in [7, 11) is 0. The lowest BCUT2D eigenvalue weighted by molar-refractivity contribution is 0.0981. The third-order valence-corrected chi connectivity index (χ3v) is 5.23. The van der Waals surface area contributed by atoms with Crippen LogP contribution in [0.1, 0.15) is 28.4 Å². The Balaban J connectivity index is 1.54. The van der Waals surface area contributed by atoms with Crippen LogP contribution in [0.5, 0.6) is 5.75 Å². The van der Waals surface area contributed by atoms with Gasteiger partial charge in [0.15, 0.2) is 0 Å². The minimum absolute atomic E-state index is 0.00403. The highest BCUT2D eigenvalue weighted by atomic mass is 35.5. The van der Waals surface area contributed by atoms with E-state index in [9.17, 15) is 4.79 Å². The first-order valence-corrected chi connectivity index (χ1v) is 9.39. The van der Waals surface area contributed by atoms with Gasteiger partial charge in [-0.1, -0.05) is 54.1 Å². The zero-order valence-electron chi connectivity index (χ0n) is 15.1. The molecule has 0 aliphatic carbocycles. The largest absolute Gasteiger partial charge is 0.489 e. The van der Waals surface area contributed by atoms with E-state index in [-0.39, 0.29) is 11.9 Å². The van der Waals surface area contributed by atoms with Gasteiger partial charge < -0.3 is 9.64 Å². The van der Waals surface area contributed by atoms with Crippen molar-refractivity contribution < 1.29 is 9.53 Å². The maximum absolute atomic E-state index is 13.1. The number of amides is 1. The molecule has 0 saturated carbocycles. The van der Waals surface area contributed by atoms with Crippen LogP contribution >= 0.6 is 11.6 Å². The highest BCUT2D eigenvalue weighted by molar-refractivity contribution is 6.31. The number of fused-ring (bicyclic) bond motifs is 1. The van der Waals surface area contributed by atoms with Gasteiger partial charge in [0.1, 0.15) is 12.4 Å². The Hall–Kier alpha value is -2.78. The smallest absolute Gasteiger partial charge is 0.258 e. The fraction of sp³-hybridized carbons (Fsp3) is 0.174. The summed E-state index contributed by atoms with van der Waals surface area (Å²) in [6, 6.07) is 23.1. The van der Waals surface area contributed by atoms with Gasteiger partial charge in [-0.25, -0.2) is 0 Å². The maximum atomic E-state index is 13.1. The molecule has 1 atom stereocenters. The van der Waals surface area contributed by atoms with Gasteiger partial charge in [0.05, 0.1) is 0 Å². The topological polar surface area (TPSA) is 29.5 Å². The van der Waals surface area contributed by atoms with Crippen LogP contribution in [0.15, 0.2) is 72.8 Å². The third kappa shape index (κ3) is 3.56. The summed E-state index contributed by atoms with van der Waals surface area (Å²) in [5.41, 5.74) is 3.75. The summed E-state index contributed by atoms with van der Waals surface area (Å²) in [6.45, 7) is 2.44. The van der Waals surface area contributed by atoms with Crippen molar-refractivity contribution in [1.29, 1.82) is 0 Å². The fourth-order valence-electron chi connectivity index (χ4n) is 3.51. The molecule has 0 saturated heterocycles. The number of carbonyl (C=O) groups excluding carboxylic acids is 1. The number of nitrogens with zero attached hydrogens (tertiary/aromatic N) is 1. The van der Waals surface area contributed by atoms with Crippen LogP contribution in [0, 0.1) is 0 Å². The quantitative estimate of drug-likeness (QED) is 0.600. The van der Waals surface area contributed by atoms with E-state index in [1.165, 1.54) is 5.56 Å². The number of hydrogen-bond acceptors (Lipinski definition) is 2. The van der Waals surface area contributed by atoms with Crippen LogP contribution in [0.2, 0.25) is 5.02 Å². The predicted molar refractivity (Wildman–Crippen MR) is 109 cm³/mol. The summed E-state index contributed by atoms with van der Waals surface area (Å²) < 4.78 is 5.87. The fourth-order valence-corrected chi connectivity index (χ4v) is 3.70. The van der Waals surface area contributed by atoms with Crippen molar-refractivity contribution in [3.8, 4) is 5.75 Å². The van der Waals surface area contributed by atoms with Crippen molar-refractivity contribution in [1.82, 2.24) is 0 Å². The predicted octanol–water partition coefficient (Wildman–Crippen LogP) is 5.51. The first-order chi connectivity index (χ1) is 13.1. The molecule has 4 rings (SSSR count). The van der Waals surface area contributed by atoms with Crippen molar-refractivity contribution >= 4 is 23.2 Å². The number of hydrogen-bond donors (Lipinski definition) is 0. The van der Waals surface area contributed by atoms with E-state index in [0.717, 1.165) is 17.7 Å². The van der Waals surface area contributed by atoms with Crippen LogP contribution in [0.4, 0.5) is 5.69 Å². The van der Waals surface area contributed by atoms with E-state index in [0.29, 0.717) is 22.9 Å². The number of ether oxygens (including phenoxy) is 1. The van der Waals surface area contributed by atoms with Gasteiger partial charge in [0.2, 0.25) is 0 Å². The van der Waals surface area contributed by atoms with Gasteiger partial charge in [-0.15, -0.1) is 0 Å². The molecule has 0 fully saturated rings. The van der Waals surface area contributed by atoms with Gasteiger partial charge in [-0.2, -0.15) is 0 Å². The van der Waals surface area contributed by atoms with E-state index >= 15 is 0 Å². The Morgan fingerprint density at radius 2 is 1.85 bits per heavy atom. The zero-order chi connectivity index (χ0) is 18.8. The molecular weight excluding hydrogens is 358 g/mol. The Morgan fingerprint density at radius 1 is 1.07 bits per heavy atom. The van der Waals surface area contributed by atoms with Crippen LogP contribution in [0.3, 0.4) is 0 Å². The lowest BCUT2D eigenvalue weighted by atomic mass is 10.1. The molecule has 0 radical (unpaired) electrons. The zero-order valence-corrected chi connectivity index (χ0v) is 15.8. The molecule has 1 unspecified atom stereocenters. The normalized spacial score (nSPS) is 15.5. The van der Waals surface area contributed by atoms with Gasteiger partial charge >= 0.3 is 0 Å². The summed E-state index contributed by atoms with van der Waals surface area (Å²) in [6.07, 6.45) is 0.880. The molecule has 0 bridgehead atoms. The number of rotatable bonds is 4. The lowest BCUT2D eigenvalue weighted by Crippen LogP contribution is -2.35. The minimum atomic E-state index is -0.00403. The SMILES string of the molecule is CC1Cc2ccccc2N1C(=O)c1cccc(OCc2ccccc2Cl)c1. The maximum Gasteiger partial charge on any atom is 0.258 e. The highest BCUT2D eigenvalue weighted by Gasteiger charge is 2.31. The van der Waals surface area contributed by atoms with Crippen molar-refractivity contribution in [2.75, 3.05) is 4.90 Å². The lowest BCUT2D eigenvalue weighted by Gasteiger charge is -2.23. The molecule has 0 spiro atoms. The van der Waals surface area contributed by atoms with Crippen molar-refractivity contribution in [3.63, 3.8) is 0 Å². The summed E-state index contributed by atoms with van der Waals surface area (Å²) in [5, 5.41) is 0.673. The molecule has 136 valence electrons. The molecule has 3 nitrogen and oxygen atoms in total. The molecule has 3 aromatic rings. The third-order valence-electron chi connectivity index (χ3n) is 4.86. The van der Waals surface area contributed by atoms with E-state index in [2.05, 4.69) is 13.0 Å². The molecule has 1 amide bonds. The van der Waals surface area contributed by atoms with Crippen molar-refractivity contribution in [3.05, 3.63) is 94.5 Å². The highest BCUT2D eigenvalue weighted by Crippen LogP contribution is 2.33. The first kappa shape index (κ1) is 17.6. The number of carbonyl (C=O) groups is 1. The number of benzene rings is 3. The summed E-state index contributed by atoms with van der Waals surface area (Å²) >= 11 is 6.18.